The molecule has 1 aliphatic heterocycles. The average molecular weight is 234 g/mol. The second-order valence-electron chi connectivity index (χ2n) is 4.94. The van der Waals surface area contributed by atoms with Gasteiger partial charge in [-0.25, -0.2) is 0 Å². The molecule has 3 nitrogen and oxygen atoms in total. The third-order valence-electron chi connectivity index (χ3n) is 3.26. The molecule has 0 fully saturated rings. The molecule has 0 amide bonds. The number of rotatable bonds is 3. The Morgan fingerprint density at radius 3 is 2.94 bits per heavy atom. The monoisotopic (exact) mass is 234 g/mol. The van der Waals surface area contributed by atoms with Crippen LogP contribution in [0.1, 0.15) is 30.9 Å². The van der Waals surface area contributed by atoms with Crippen molar-refractivity contribution in [3.8, 4) is 5.75 Å². The number of hydrogen-bond acceptors (Lipinski definition) is 3. The third-order valence-corrected chi connectivity index (χ3v) is 3.26. The van der Waals surface area contributed by atoms with Crippen molar-refractivity contribution in [3.05, 3.63) is 29.3 Å². The van der Waals surface area contributed by atoms with E-state index in [1.165, 1.54) is 11.1 Å². The predicted molar refractivity (Wildman–Crippen MR) is 70.4 cm³/mol. The zero-order valence-electron chi connectivity index (χ0n) is 10.8. The Morgan fingerprint density at radius 2 is 2.24 bits per heavy atom. The zero-order chi connectivity index (χ0) is 12.3. The summed E-state index contributed by atoms with van der Waals surface area (Å²) in [4.78, 5) is 2.36. The van der Waals surface area contributed by atoms with E-state index in [0.29, 0.717) is 12.5 Å². The first-order chi connectivity index (χ1) is 8.20. The molecule has 2 N–H and O–H groups in total. The van der Waals surface area contributed by atoms with Crippen molar-refractivity contribution >= 4 is 0 Å². The van der Waals surface area contributed by atoms with Crippen LogP contribution in [-0.2, 0) is 6.54 Å². The van der Waals surface area contributed by atoms with Crippen molar-refractivity contribution in [3.63, 3.8) is 0 Å². The van der Waals surface area contributed by atoms with E-state index in [0.717, 1.165) is 32.0 Å². The van der Waals surface area contributed by atoms with Crippen molar-refractivity contribution in [2.24, 2.45) is 5.73 Å². The van der Waals surface area contributed by atoms with Crippen LogP contribution in [0.2, 0.25) is 0 Å². The largest absolute Gasteiger partial charge is 0.492 e. The fourth-order valence-electron chi connectivity index (χ4n) is 2.20. The van der Waals surface area contributed by atoms with E-state index < -0.39 is 0 Å². The molecule has 1 aromatic carbocycles. The van der Waals surface area contributed by atoms with Crippen LogP contribution < -0.4 is 10.5 Å². The average Bonchev–Trinajstić information content (AvgIpc) is 2.50. The third kappa shape index (κ3) is 2.99. The predicted octanol–water partition coefficient (Wildman–Crippen LogP) is 1.96. The Balaban J connectivity index is 2.22. The lowest BCUT2D eigenvalue weighted by atomic mass is 10.00. The second-order valence-corrected chi connectivity index (χ2v) is 4.94. The molecule has 0 saturated carbocycles. The number of hydrogen-bond donors (Lipinski definition) is 1. The highest BCUT2D eigenvalue weighted by atomic mass is 16.5. The summed E-state index contributed by atoms with van der Waals surface area (Å²) in [5.41, 5.74) is 8.30. The molecule has 17 heavy (non-hydrogen) atoms. The van der Waals surface area contributed by atoms with Crippen LogP contribution in [0.25, 0.3) is 0 Å². The van der Waals surface area contributed by atoms with Gasteiger partial charge in [0.2, 0.25) is 0 Å². The standard InChI is InChI=1S/C14H22N2O/c1-11(2)12-3-4-14-13(9-12)10-16(6-5-15)7-8-17-14/h3-4,9,11H,5-8,10,15H2,1-2H3. The SMILES string of the molecule is CC(C)c1ccc2c(c1)CN(CCN)CCO2. The lowest BCUT2D eigenvalue weighted by Crippen LogP contribution is -2.30. The van der Waals surface area contributed by atoms with Crippen molar-refractivity contribution in [2.75, 3.05) is 26.2 Å². The molecule has 0 aromatic heterocycles. The Morgan fingerprint density at radius 1 is 1.41 bits per heavy atom. The van der Waals surface area contributed by atoms with Gasteiger partial charge in [-0.3, -0.25) is 4.90 Å². The van der Waals surface area contributed by atoms with Crippen LogP contribution >= 0.6 is 0 Å². The van der Waals surface area contributed by atoms with Crippen LogP contribution in [0.3, 0.4) is 0 Å². The van der Waals surface area contributed by atoms with E-state index in [2.05, 4.69) is 36.9 Å². The van der Waals surface area contributed by atoms with Crippen molar-refractivity contribution in [1.29, 1.82) is 0 Å². The second kappa shape index (κ2) is 5.52. The molecule has 0 bridgehead atoms. The first-order valence-corrected chi connectivity index (χ1v) is 6.38. The molecule has 1 heterocycles. The van der Waals surface area contributed by atoms with Gasteiger partial charge in [0.05, 0.1) is 0 Å². The number of nitrogens with zero attached hydrogens (tertiary/aromatic N) is 1. The van der Waals surface area contributed by atoms with E-state index in [-0.39, 0.29) is 0 Å². The quantitative estimate of drug-likeness (QED) is 0.869. The fraction of sp³-hybridized carbons (Fsp3) is 0.571. The maximum atomic E-state index is 5.78. The van der Waals surface area contributed by atoms with Gasteiger partial charge in [-0.2, -0.15) is 0 Å². The van der Waals surface area contributed by atoms with Gasteiger partial charge >= 0.3 is 0 Å². The van der Waals surface area contributed by atoms with Crippen LogP contribution in [0, 0.1) is 0 Å². The smallest absolute Gasteiger partial charge is 0.123 e. The Kier molecular flexibility index (Phi) is 4.02. The summed E-state index contributed by atoms with van der Waals surface area (Å²) in [5, 5.41) is 0. The summed E-state index contributed by atoms with van der Waals surface area (Å²) in [6, 6.07) is 6.55. The molecule has 94 valence electrons. The van der Waals surface area contributed by atoms with Gasteiger partial charge in [0.25, 0.3) is 0 Å². The molecular formula is C14H22N2O. The Labute approximate surface area is 104 Å². The first-order valence-electron chi connectivity index (χ1n) is 6.38. The highest BCUT2D eigenvalue weighted by Crippen LogP contribution is 2.27. The van der Waals surface area contributed by atoms with Crippen LogP contribution in [0.4, 0.5) is 0 Å². The van der Waals surface area contributed by atoms with E-state index in [1.54, 1.807) is 0 Å². The highest BCUT2D eigenvalue weighted by molar-refractivity contribution is 5.38. The summed E-state index contributed by atoms with van der Waals surface area (Å²) < 4.78 is 5.78. The van der Waals surface area contributed by atoms with E-state index in [1.807, 2.05) is 0 Å². The van der Waals surface area contributed by atoms with Crippen LogP contribution in [-0.4, -0.2) is 31.1 Å². The lowest BCUT2D eigenvalue weighted by molar-refractivity contribution is 0.230. The minimum Gasteiger partial charge on any atom is -0.492 e. The van der Waals surface area contributed by atoms with Crippen molar-refractivity contribution in [1.82, 2.24) is 4.90 Å². The maximum absolute atomic E-state index is 5.78. The molecule has 2 rings (SSSR count). The van der Waals surface area contributed by atoms with Gasteiger partial charge in [-0.05, 0) is 17.5 Å². The van der Waals surface area contributed by atoms with Crippen LogP contribution in [0.5, 0.6) is 5.75 Å². The molecule has 3 heteroatoms. The van der Waals surface area contributed by atoms with Crippen molar-refractivity contribution < 1.29 is 4.74 Å². The minimum atomic E-state index is 0.562. The number of ether oxygens (including phenoxy) is 1. The van der Waals surface area contributed by atoms with Crippen molar-refractivity contribution in [2.45, 2.75) is 26.3 Å². The van der Waals surface area contributed by atoms with E-state index >= 15 is 0 Å². The molecule has 0 aliphatic carbocycles. The molecule has 1 aromatic rings. The Bertz CT molecular complexity index is 376. The number of fused-ring (bicyclic) bond motifs is 1. The Hall–Kier alpha value is -1.06. The first kappa shape index (κ1) is 12.4. The number of nitrogens with two attached hydrogens (primary N) is 1. The summed E-state index contributed by atoms with van der Waals surface area (Å²) in [7, 11) is 0. The molecule has 1 aliphatic rings. The van der Waals surface area contributed by atoms with E-state index in [4.69, 9.17) is 10.5 Å². The van der Waals surface area contributed by atoms with Crippen LogP contribution in [0.15, 0.2) is 18.2 Å². The van der Waals surface area contributed by atoms with E-state index in [9.17, 15) is 0 Å². The van der Waals surface area contributed by atoms with Gasteiger partial charge < -0.3 is 10.5 Å². The molecular weight excluding hydrogens is 212 g/mol. The molecule has 0 atom stereocenters. The van der Waals surface area contributed by atoms with Gasteiger partial charge in [0.15, 0.2) is 0 Å². The summed E-state index contributed by atoms with van der Waals surface area (Å²) >= 11 is 0. The highest BCUT2D eigenvalue weighted by Gasteiger charge is 2.15. The number of benzene rings is 1. The lowest BCUT2D eigenvalue weighted by Gasteiger charge is -2.18. The van der Waals surface area contributed by atoms with Gasteiger partial charge in [0, 0.05) is 31.7 Å². The fourth-order valence-corrected chi connectivity index (χ4v) is 2.20. The maximum Gasteiger partial charge on any atom is 0.123 e. The molecule has 0 unspecified atom stereocenters. The summed E-state index contributed by atoms with van der Waals surface area (Å²) in [5.74, 6) is 1.60. The summed E-state index contributed by atoms with van der Waals surface area (Å²) in [6.45, 7) is 8.76. The van der Waals surface area contributed by atoms with Gasteiger partial charge in [-0.1, -0.05) is 26.0 Å². The zero-order valence-corrected chi connectivity index (χ0v) is 10.8. The molecule has 0 spiro atoms. The molecule has 0 saturated heterocycles. The topological polar surface area (TPSA) is 38.5 Å². The summed E-state index contributed by atoms with van der Waals surface area (Å²) in [6.07, 6.45) is 0. The minimum absolute atomic E-state index is 0.562. The van der Waals surface area contributed by atoms with Gasteiger partial charge in [-0.15, -0.1) is 0 Å². The molecule has 0 radical (unpaired) electrons. The van der Waals surface area contributed by atoms with Gasteiger partial charge in [0.1, 0.15) is 12.4 Å². The normalized spacial score (nSPS) is 16.5.